The highest BCUT2D eigenvalue weighted by Crippen LogP contribution is 2.21. The van der Waals surface area contributed by atoms with Crippen molar-refractivity contribution < 1.29 is 14.6 Å². The highest BCUT2D eigenvalue weighted by Gasteiger charge is 2.22. The lowest BCUT2D eigenvalue weighted by Crippen LogP contribution is -2.37. The van der Waals surface area contributed by atoms with Gasteiger partial charge in [0.05, 0.1) is 6.61 Å². The standard InChI is InChI=1S/C8H15NO3/c9-7(5-10)8(11)12-6-3-1-2-4-6/h6-7,10H,1-5,9H2/t7-/m1/s1. The summed E-state index contributed by atoms with van der Waals surface area (Å²) in [4.78, 5) is 11.0. The van der Waals surface area contributed by atoms with Gasteiger partial charge in [0.1, 0.15) is 12.1 Å². The Morgan fingerprint density at radius 3 is 2.67 bits per heavy atom. The molecular weight excluding hydrogens is 158 g/mol. The molecule has 4 heteroatoms. The van der Waals surface area contributed by atoms with Gasteiger partial charge < -0.3 is 15.6 Å². The van der Waals surface area contributed by atoms with E-state index in [1.165, 1.54) is 0 Å². The van der Waals surface area contributed by atoms with Crippen LogP contribution in [0.25, 0.3) is 0 Å². The van der Waals surface area contributed by atoms with E-state index < -0.39 is 12.0 Å². The minimum atomic E-state index is -0.870. The topological polar surface area (TPSA) is 72.5 Å². The Balaban J connectivity index is 2.25. The first-order valence-electron chi connectivity index (χ1n) is 4.31. The molecule has 3 N–H and O–H groups in total. The fourth-order valence-corrected chi connectivity index (χ4v) is 1.33. The lowest BCUT2D eigenvalue weighted by Gasteiger charge is -2.13. The second kappa shape index (κ2) is 4.42. The van der Waals surface area contributed by atoms with E-state index in [2.05, 4.69) is 0 Å². The molecule has 0 aromatic rings. The smallest absolute Gasteiger partial charge is 0.325 e. The molecule has 1 fully saturated rings. The molecular formula is C8H15NO3. The predicted molar refractivity (Wildman–Crippen MR) is 43.4 cm³/mol. The number of hydrogen-bond acceptors (Lipinski definition) is 4. The maximum absolute atomic E-state index is 11.0. The highest BCUT2D eigenvalue weighted by molar-refractivity contribution is 5.75. The molecule has 1 rings (SSSR count). The van der Waals surface area contributed by atoms with E-state index in [9.17, 15) is 4.79 Å². The Bertz CT molecular complexity index is 154. The number of carbonyl (C=O) groups is 1. The fourth-order valence-electron chi connectivity index (χ4n) is 1.33. The summed E-state index contributed by atoms with van der Waals surface area (Å²) in [5.74, 6) is -0.482. The van der Waals surface area contributed by atoms with Gasteiger partial charge in [0.25, 0.3) is 0 Å². The molecule has 0 amide bonds. The first-order valence-corrected chi connectivity index (χ1v) is 4.31. The molecule has 0 saturated heterocycles. The summed E-state index contributed by atoms with van der Waals surface area (Å²) < 4.78 is 5.04. The molecule has 0 spiro atoms. The van der Waals surface area contributed by atoms with Crippen LogP contribution in [0, 0.1) is 0 Å². The number of ether oxygens (including phenoxy) is 1. The number of rotatable bonds is 3. The molecule has 12 heavy (non-hydrogen) atoms. The van der Waals surface area contributed by atoms with Crippen molar-refractivity contribution in [1.29, 1.82) is 0 Å². The van der Waals surface area contributed by atoms with E-state index in [0.717, 1.165) is 25.7 Å². The van der Waals surface area contributed by atoms with Gasteiger partial charge in [-0.25, -0.2) is 0 Å². The quantitative estimate of drug-likeness (QED) is 0.579. The molecule has 1 saturated carbocycles. The van der Waals surface area contributed by atoms with Crippen LogP contribution in [-0.4, -0.2) is 29.8 Å². The van der Waals surface area contributed by atoms with Gasteiger partial charge in [-0.1, -0.05) is 0 Å². The van der Waals surface area contributed by atoms with Crippen LogP contribution in [0.5, 0.6) is 0 Å². The molecule has 0 radical (unpaired) electrons. The SMILES string of the molecule is N[C@H](CO)C(=O)OC1CCCC1. The van der Waals surface area contributed by atoms with Gasteiger partial charge >= 0.3 is 5.97 Å². The molecule has 1 aliphatic carbocycles. The van der Waals surface area contributed by atoms with E-state index in [-0.39, 0.29) is 12.7 Å². The van der Waals surface area contributed by atoms with Crippen LogP contribution in [-0.2, 0) is 9.53 Å². The monoisotopic (exact) mass is 173 g/mol. The lowest BCUT2D eigenvalue weighted by atomic mass is 10.3. The zero-order valence-electron chi connectivity index (χ0n) is 7.03. The van der Waals surface area contributed by atoms with Crippen molar-refractivity contribution >= 4 is 5.97 Å². The van der Waals surface area contributed by atoms with Crippen molar-refractivity contribution in [2.75, 3.05) is 6.61 Å². The van der Waals surface area contributed by atoms with Gasteiger partial charge in [0.15, 0.2) is 0 Å². The number of carbonyl (C=O) groups excluding carboxylic acids is 1. The van der Waals surface area contributed by atoms with Crippen molar-refractivity contribution in [3.05, 3.63) is 0 Å². The number of hydrogen-bond donors (Lipinski definition) is 2. The largest absolute Gasteiger partial charge is 0.461 e. The summed E-state index contributed by atoms with van der Waals surface area (Å²) in [5.41, 5.74) is 5.27. The van der Waals surface area contributed by atoms with Crippen molar-refractivity contribution in [3.63, 3.8) is 0 Å². The maximum atomic E-state index is 11.0. The molecule has 4 nitrogen and oxygen atoms in total. The predicted octanol–water partition coefficient (Wildman–Crippen LogP) is -0.208. The van der Waals surface area contributed by atoms with Crippen molar-refractivity contribution in [1.82, 2.24) is 0 Å². The Morgan fingerprint density at radius 2 is 2.17 bits per heavy atom. The average Bonchev–Trinajstić information content (AvgIpc) is 2.55. The Hall–Kier alpha value is -0.610. The minimum Gasteiger partial charge on any atom is -0.461 e. The van der Waals surface area contributed by atoms with Gasteiger partial charge in [-0.15, -0.1) is 0 Å². The molecule has 0 bridgehead atoms. The van der Waals surface area contributed by atoms with Crippen LogP contribution >= 0.6 is 0 Å². The minimum absolute atomic E-state index is 0.0371. The van der Waals surface area contributed by atoms with Gasteiger partial charge in [0, 0.05) is 0 Å². The van der Waals surface area contributed by atoms with E-state index in [1.807, 2.05) is 0 Å². The van der Waals surface area contributed by atoms with Crippen LogP contribution in [0.3, 0.4) is 0 Å². The van der Waals surface area contributed by atoms with Crippen LogP contribution in [0.1, 0.15) is 25.7 Å². The Kier molecular flexibility index (Phi) is 3.49. The third-order valence-electron chi connectivity index (χ3n) is 2.08. The van der Waals surface area contributed by atoms with Gasteiger partial charge in [0.2, 0.25) is 0 Å². The summed E-state index contributed by atoms with van der Waals surface area (Å²) in [6, 6.07) is -0.870. The van der Waals surface area contributed by atoms with E-state index in [1.54, 1.807) is 0 Å². The zero-order valence-corrected chi connectivity index (χ0v) is 7.03. The third kappa shape index (κ3) is 2.46. The molecule has 1 atom stereocenters. The number of esters is 1. The van der Waals surface area contributed by atoms with Crippen molar-refractivity contribution in [2.24, 2.45) is 5.73 Å². The number of aliphatic hydroxyl groups is 1. The average molecular weight is 173 g/mol. The summed E-state index contributed by atoms with van der Waals surface area (Å²) in [6.45, 7) is -0.342. The molecule has 0 aromatic heterocycles. The second-order valence-electron chi connectivity index (χ2n) is 3.13. The molecule has 1 aliphatic rings. The Morgan fingerprint density at radius 1 is 1.58 bits per heavy atom. The highest BCUT2D eigenvalue weighted by atomic mass is 16.5. The van der Waals surface area contributed by atoms with Crippen LogP contribution in [0.2, 0.25) is 0 Å². The fraction of sp³-hybridized carbons (Fsp3) is 0.875. The number of nitrogens with two attached hydrogens (primary N) is 1. The molecule has 70 valence electrons. The van der Waals surface area contributed by atoms with E-state index >= 15 is 0 Å². The summed E-state index contributed by atoms with van der Waals surface area (Å²) in [6.07, 6.45) is 4.14. The van der Waals surface area contributed by atoms with Gasteiger partial charge in [-0.3, -0.25) is 4.79 Å². The van der Waals surface area contributed by atoms with Gasteiger partial charge in [-0.2, -0.15) is 0 Å². The molecule has 0 heterocycles. The van der Waals surface area contributed by atoms with E-state index in [4.69, 9.17) is 15.6 Å². The zero-order chi connectivity index (χ0) is 8.97. The van der Waals surface area contributed by atoms with Crippen LogP contribution in [0.15, 0.2) is 0 Å². The first kappa shape index (κ1) is 9.48. The molecule has 0 unspecified atom stereocenters. The van der Waals surface area contributed by atoms with E-state index in [0.29, 0.717) is 0 Å². The lowest BCUT2D eigenvalue weighted by molar-refractivity contribution is -0.151. The maximum Gasteiger partial charge on any atom is 0.325 e. The molecule has 0 aliphatic heterocycles. The first-order chi connectivity index (χ1) is 5.74. The summed E-state index contributed by atoms with van der Waals surface area (Å²) in [5, 5.41) is 8.55. The number of aliphatic hydroxyl groups excluding tert-OH is 1. The third-order valence-corrected chi connectivity index (χ3v) is 2.08. The Labute approximate surface area is 71.7 Å². The van der Waals surface area contributed by atoms with Crippen LogP contribution < -0.4 is 5.73 Å². The second-order valence-corrected chi connectivity index (χ2v) is 3.13. The van der Waals surface area contributed by atoms with Crippen molar-refractivity contribution in [2.45, 2.75) is 37.8 Å². The molecule has 0 aromatic carbocycles. The summed E-state index contributed by atoms with van der Waals surface area (Å²) >= 11 is 0. The normalized spacial score (nSPS) is 20.8. The van der Waals surface area contributed by atoms with Gasteiger partial charge in [-0.05, 0) is 25.7 Å². The van der Waals surface area contributed by atoms with Crippen LogP contribution in [0.4, 0.5) is 0 Å². The summed E-state index contributed by atoms with van der Waals surface area (Å²) in [7, 11) is 0. The van der Waals surface area contributed by atoms with Crippen molar-refractivity contribution in [3.8, 4) is 0 Å².